The van der Waals surface area contributed by atoms with Crippen LogP contribution in [0.5, 0.6) is 0 Å². The van der Waals surface area contributed by atoms with Gasteiger partial charge >= 0.3 is 5.22 Å². The van der Waals surface area contributed by atoms with Crippen molar-refractivity contribution in [3.05, 3.63) is 70.8 Å². The first kappa shape index (κ1) is 19.0. The molecular formula is C17H15ClN4O4S. The van der Waals surface area contributed by atoms with Crippen LogP contribution in [0.1, 0.15) is 21.8 Å². The van der Waals surface area contributed by atoms with Crippen LogP contribution in [0, 0.1) is 0 Å². The number of carbonyl (C=O) groups is 1. The van der Waals surface area contributed by atoms with E-state index in [0.29, 0.717) is 16.1 Å². The van der Waals surface area contributed by atoms with E-state index in [1.54, 1.807) is 42.6 Å². The summed E-state index contributed by atoms with van der Waals surface area (Å²) in [6.07, 6.45) is 3.21. The quantitative estimate of drug-likeness (QED) is 0.638. The molecule has 2 heterocycles. The standard InChI is InChI=1S/C17H15ClN4O4S/c18-14-6-2-1-4-13(14)11-27(24,25)17-22-21-15(26-17)7-9-20-16(23)12-5-3-8-19-10-12/h1-6,8,10H,7,9,11H2,(H,20,23). The molecule has 1 aromatic carbocycles. The van der Waals surface area contributed by atoms with Crippen molar-refractivity contribution in [1.29, 1.82) is 0 Å². The molecule has 0 fully saturated rings. The van der Waals surface area contributed by atoms with Gasteiger partial charge in [0.05, 0.1) is 11.3 Å². The second-order valence-corrected chi connectivity index (χ2v) is 7.83. The Morgan fingerprint density at radius 3 is 2.70 bits per heavy atom. The predicted octanol–water partition coefficient (Wildman–Crippen LogP) is 2.06. The van der Waals surface area contributed by atoms with Gasteiger partial charge in [0.15, 0.2) is 0 Å². The number of nitrogens with zero attached hydrogens (tertiary/aromatic N) is 3. The molecule has 1 amide bonds. The number of hydrogen-bond acceptors (Lipinski definition) is 7. The first-order chi connectivity index (χ1) is 13.0. The summed E-state index contributed by atoms with van der Waals surface area (Å²) in [5.74, 6) is -0.528. The highest BCUT2D eigenvalue weighted by Crippen LogP contribution is 2.21. The maximum absolute atomic E-state index is 12.4. The summed E-state index contributed by atoms with van der Waals surface area (Å²) >= 11 is 6.00. The predicted molar refractivity (Wildman–Crippen MR) is 96.9 cm³/mol. The van der Waals surface area contributed by atoms with E-state index in [1.807, 2.05) is 0 Å². The van der Waals surface area contributed by atoms with Gasteiger partial charge in [0, 0.05) is 30.4 Å². The fraction of sp³-hybridized carbons (Fsp3) is 0.176. The molecule has 0 saturated carbocycles. The van der Waals surface area contributed by atoms with E-state index in [4.69, 9.17) is 16.0 Å². The van der Waals surface area contributed by atoms with Crippen LogP contribution in [-0.4, -0.2) is 36.1 Å². The van der Waals surface area contributed by atoms with Gasteiger partial charge in [-0.3, -0.25) is 9.78 Å². The van der Waals surface area contributed by atoms with E-state index in [0.717, 1.165) is 0 Å². The van der Waals surface area contributed by atoms with E-state index in [1.165, 1.54) is 6.20 Å². The Morgan fingerprint density at radius 2 is 1.96 bits per heavy atom. The molecule has 0 saturated heterocycles. The van der Waals surface area contributed by atoms with Crippen molar-refractivity contribution in [2.24, 2.45) is 0 Å². The number of carbonyl (C=O) groups excluding carboxylic acids is 1. The maximum atomic E-state index is 12.4. The summed E-state index contributed by atoms with van der Waals surface area (Å²) in [4.78, 5) is 15.8. The molecule has 0 aliphatic carbocycles. The van der Waals surface area contributed by atoms with Gasteiger partial charge < -0.3 is 9.73 Å². The molecule has 0 bridgehead atoms. The van der Waals surface area contributed by atoms with Crippen LogP contribution in [0.15, 0.2) is 58.4 Å². The van der Waals surface area contributed by atoms with Gasteiger partial charge in [-0.1, -0.05) is 34.9 Å². The zero-order chi connectivity index (χ0) is 19.3. The minimum Gasteiger partial charge on any atom is -0.412 e. The van der Waals surface area contributed by atoms with E-state index in [-0.39, 0.29) is 30.5 Å². The number of hydrogen-bond donors (Lipinski definition) is 1. The Kier molecular flexibility index (Phi) is 5.82. The lowest BCUT2D eigenvalue weighted by Gasteiger charge is -2.03. The zero-order valence-electron chi connectivity index (χ0n) is 14.0. The molecule has 0 spiro atoms. The highest BCUT2D eigenvalue weighted by atomic mass is 35.5. The number of sulfone groups is 1. The molecule has 0 unspecified atom stereocenters. The summed E-state index contributed by atoms with van der Waals surface area (Å²) < 4.78 is 30.0. The lowest BCUT2D eigenvalue weighted by atomic mass is 10.2. The summed E-state index contributed by atoms with van der Waals surface area (Å²) in [6, 6.07) is 9.92. The first-order valence-electron chi connectivity index (χ1n) is 7.92. The summed E-state index contributed by atoms with van der Waals surface area (Å²) in [5.41, 5.74) is 0.869. The van der Waals surface area contributed by atoms with Crippen LogP contribution >= 0.6 is 11.6 Å². The van der Waals surface area contributed by atoms with E-state index in [9.17, 15) is 13.2 Å². The Hall–Kier alpha value is -2.78. The summed E-state index contributed by atoms with van der Waals surface area (Å²) in [6.45, 7) is 0.208. The number of benzene rings is 1. The number of rotatable bonds is 7. The average Bonchev–Trinajstić information content (AvgIpc) is 3.14. The molecule has 0 aliphatic rings. The highest BCUT2D eigenvalue weighted by molar-refractivity contribution is 7.90. The Bertz CT molecular complexity index is 1040. The van der Waals surface area contributed by atoms with Crippen LogP contribution in [-0.2, 0) is 22.0 Å². The lowest BCUT2D eigenvalue weighted by molar-refractivity contribution is 0.0953. The lowest BCUT2D eigenvalue weighted by Crippen LogP contribution is -2.25. The molecule has 0 aliphatic heterocycles. The second-order valence-electron chi connectivity index (χ2n) is 5.56. The molecule has 2 aromatic heterocycles. The van der Waals surface area contributed by atoms with Crippen molar-refractivity contribution < 1.29 is 17.6 Å². The molecule has 1 N–H and O–H groups in total. The fourth-order valence-electron chi connectivity index (χ4n) is 2.23. The Labute approximate surface area is 160 Å². The number of pyridine rings is 1. The summed E-state index contributed by atoms with van der Waals surface area (Å²) in [5, 5.41) is 9.86. The van der Waals surface area contributed by atoms with Gasteiger partial charge in [0.1, 0.15) is 0 Å². The number of aromatic nitrogens is 3. The monoisotopic (exact) mass is 406 g/mol. The smallest absolute Gasteiger partial charge is 0.335 e. The summed E-state index contributed by atoms with van der Waals surface area (Å²) in [7, 11) is -3.82. The van der Waals surface area contributed by atoms with Crippen LogP contribution < -0.4 is 5.32 Å². The Balaban J connectivity index is 1.59. The van der Waals surface area contributed by atoms with E-state index in [2.05, 4.69) is 20.5 Å². The van der Waals surface area contributed by atoms with Gasteiger partial charge in [-0.05, 0) is 23.8 Å². The molecule has 3 rings (SSSR count). The molecule has 0 radical (unpaired) electrons. The molecule has 8 nitrogen and oxygen atoms in total. The molecule has 140 valence electrons. The number of amides is 1. The molecule has 0 atom stereocenters. The minimum atomic E-state index is -3.82. The fourth-order valence-corrected chi connectivity index (χ4v) is 3.68. The van der Waals surface area contributed by atoms with Gasteiger partial charge in [-0.15, -0.1) is 5.10 Å². The maximum Gasteiger partial charge on any atom is 0.335 e. The van der Waals surface area contributed by atoms with Crippen LogP contribution in [0.2, 0.25) is 5.02 Å². The van der Waals surface area contributed by atoms with Crippen molar-refractivity contribution >= 4 is 27.3 Å². The molecule has 27 heavy (non-hydrogen) atoms. The highest BCUT2D eigenvalue weighted by Gasteiger charge is 2.24. The van der Waals surface area contributed by atoms with Gasteiger partial charge in [0.25, 0.3) is 5.91 Å². The van der Waals surface area contributed by atoms with E-state index < -0.39 is 15.1 Å². The SMILES string of the molecule is O=C(NCCc1nnc(S(=O)(=O)Cc2ccccc2Cl)o1)c1cccnc1. The van der Waals surface area contributed by atoms with Gasteiger partial charge in [0.2, 0.25) is 15.7 Å². The number of nitrogens with one attached hydrogen (secondary N) is 1. The van der Waals surface area contributed by atoms with Crippen molar-refractivity contribution in [3.8, 4) is 0 Å². The van der Waals surface area contributed by atoms with Gasteiger partial charge in [-0.2, -0.15) is 0 Å². The third kappa shape index (κ3) is 4.89. The molecule has 3 aromatic rings. The van der Waals surface area contributed by atoms with Crippen molar-refractivity contribution in [2.45, 2.75) is 17.4 Å². The molecular weight excluding hydrogens is 392 g/mol. The number of halogens is 1. The third-order valence-corrected chi connectivity index (χ3v) is 5.32. The zero-order valence-corrected chi connectivity index (χ0v) is 15.6. The van der Waals surface area contributed by atoms with Gasteiger partial charge in [-0.25, -0.2) is 8.42 Å². The van der Waals surface area contributed by atoms with Crippen molar-refractivity contribution in [3.63, 3.8) is 0 Å². The topological polar surface area (TPSA) is 115 Å². The van der Waals surface area contributed by atoms with Crippen molar-refractivity contribution in [2.75, 3.05) is 6.54 Å². The molecule has 10 heteroatoms. The van der Waals surface area contributed by atoms with Crippen LogP contribution in [0.3, 0.4) is 0 Å². The Morgan fingerprint density at radius 1 is 1.15 bits per heavy atom. The van der Waals surface area contributed by atoms with Crippen LogP contribution in [0.25, 0.3) is 0 Å². The normalized spacial score (nSPS) is 11.3. The second kappa shape index (κ2) is 8.28. The average molecular weight is 407 g/mol. The minimum absolute atomic E-state index is 0.110. The van der Waals surface area contributed by atoms with Crippen molar-refractivity contribution in [1.82, 2.24) is 20.5 Å². The van der Waals surface area contributed by atoms with Crippen LogP contribution in [0.4, 0.5) is 0 Å². The first-order valence-corrected chi connectivity index (χ1v) is 9.95. The van der Waals surface area contributed by atoms with E-state index >= 15 is 0 Å². The third-order valence-electron chi connectivity index (χ3n) is 3.57. The largest absolute Gasteiger partial charge is 0.412 e.